The number of halogens is 1. The van der Waals surface area contributed by atoms with E-state index in [1.165, 1.54) is 0 Å². The van der Waals surface area contributed by atoms with Crippen LogP contribution in [-0.2, 0) is 6.42 Å². The maximum atomic E-state index is 12.0. The van der Waals surface area contributed by atoms with Crippen molar-refractivity contribution in [1.29, 1.82) is 0 Å². The molecular weight excluding hydrogens is 272 g/mol. The summed E-state index contributed by atoms with van der Waals surface area (Å²) < 4.78 is 5.54. The molecule has 0 aromatic heterocycles. The summed E-state index contributed by atoms with van der Waals surface area (Å²) in [5.74, 6) is 0.643. The van der Waals surface area contributed by atoms with Gasteiger partial charge in [-0.25, -0.2) is 0 Å². The van der Waals surface area contributed by atoms with Gasteiger partial charge in [-0.05, 0) is 37.1 Å². The lowest BCUT2D eigenvalue weighted by Crippen LogP contribution is -2.11. The maximum absolute atomic E-state index is 12.0. The van der Waals surface area contributed by atoms with Crippen LogP contribution in [0.2, 0.25) is 5.02 Å². The quantitative estimate of drug-likeness (QED) is 0.759. The van der Waals surface area contributed by atoms with E-state index in [1.807, 2.05) is 44.2 Å². The fraction of sp³-hybridized carbons (Fsp3) is 0.235. The van der Waals surface area contributed by atoms with Crippen LogP contribution < -0.4 is 4.74 Å². The van der Waals surface area contributed by atoms with Crippen LogP contribution in [0.15, 0.2) is 42.5 Å². The van der Waals surface area contributed by atoms with Gasteiger partial charge in [-0.15, -0.1) is 0 Å². The molecule has 0 unspecified atom stereocenters. The highest BCUT2D eigenvalue weighted by Crippen LogP contribution is 2.22. The average Bonchev–Trinajstić information content (AvgIpc) is 2.46. The summed E-state index contributed by atoms with van der Waals surface area (Å²) in [6.45, 7) is 4.06. The smallest absolute Gasteiger partial charge is 0.200 e. The zero-order valence-corrected chi connectivity index (χ0v) is 12.4. The summed E-state index contributed by atoms with van der Waals surface area (Å²) >= 11 is 6.05. The Bertz CT molecular complexity index is 603. The molecule has 0 atom stereocenters. The van der Waals surface area contributed by atoms with Crippen LogP contribution in [0, 0.1) is 6.92 Å². The third kappa shape index (κ3) is 3.61. The van der Waals surface area contributed by atoms with Crippen molar-refractivity contribution in [2.45, 2.75) is 20.3 Å². The first-order valence-electron chi connectivity index (χ1n) is 6.61. The van der Waals surface area contributed by atoms with Gasteiger partial charge in [0.15, 0.2) is 12.4 Å². The SMILES string of the molecule is CCc1cc(OCC(=O)c2ccc(C)cc2)ccc1Cl. The van der Waals surface area contributed by atoms with Crippen molar-refractivity contribution in [3.05, 3.63) is 64.2 Å². The zero-order chi connectivity index (χ0) is 14.5. The lowest BCUT2D eigenvalue weighted by Gasteiger charge is -2.08. The van der Waals surface area contributed by atoms with Crippen LogP contribution >= 0.6 is 11.6 Å². The van der Waals surface area contributed by atoms with Gasteiger partial charge in [-0.1, -0.05) is 48.4 Å². The van der Waals surface area contributed by atoms with Crippen molar-refractivity contribution in [3.8, 4) is 5.75 Å². The van der Waals surface area contributed by atoms with Gasteiger partial charge in [-0.3, -0.25) is 4.79 Å². The van der Waals surface area contributed by atoms with Crippen molar-refractivity contribution >= 4 is 17.4 Å². The third-order valence-electron chi connectivity index (χ3n) is 3.14. The van der Waals surface area contributed by atoms with E-state index in [2.05, 4.69) is 0 Å². The highest BCUT2D eigenvalue weighted by Gasteiger charge is 2.07. The maximum Gasteiger partial charge on any atom is 0.200 e. The molecular formula is C17H17ClO2. The molecule has 0 saturated carbocycles. The zero-order valence-electron chi connectivity index (χ0n) is 11.7. The van der Waals surface area contributed by atoms with Gasteiger partial charge in [0, 0.05) is 10.6 Å². The Morgan fingerprint density at radius 1 is 1.15 bits per heavy atom. The molecule has 0 radical (unpaired) electrons. The molecule has 0 aliphatic carbocycles. The van der Waals surface area contributed by atoms with Gasteiger partial charge >= 0.3 is 0 Å². The molecule has 104 valence electrons. The summed E-state index contributed by atoms with van der Waals surface area (Å²) in [4.78, 5) is 12.0. The molecule has 2 nitrogen and oxygen atoms in total. The molecule has 0 aliphatic heterocycles. The van der Waals surface area contributed by atoms with E-state index < -0.39 is 0 Å². The summed E-state index contributed by atoms with van der Waals surface area (Å²) in [7, 11) is 0. The van der Waals surface area contributed by atoms with E-state index in [9.17, 15) is 4.79 Å². The van der Waals surface area contributed by atoms with Gasteiger partial charge in [0.05, 0.1) is 0 Å². The normalized spacial score (nSPS) is 10.3. The molecule has 20 heavy (non-hydrogen) atoms. The number of carbonyl (C=O) groups is 1. The molecule has 0 fully saturated rings. The van der Waals surface area contributed by atoms with Crippen molar-refractivity contribution in [2.24, 2.45) is 0 Å². The van der Waals surface area contributed by atoms with Crippen LogP contribution in [0.5, 0.6) is 5.75 Å². The first kappa shape index (κ1) is 14.6. The molecule has 3 heteroatoms. The molecule has 2 rings (SSSR count). The predicted octanol–water partition coefficient (Wildman–Crippen LogP) is 4.47. The highest BCUT2D eigenvalue weighted by molar-refractivity contribution is 6.31. The molecule has 2 aromatic carbocycles. The Morgan fingerprint density at radius 3 is 2.50 bits per heavy atom. The summed E-state index contributed by atoms with van der Waals surface area (Å²) in [6, 6.07) is 12.9. The number of hydrogen-bond donors (Lipinski definition) is 0. The van der Waals surface area contributed by atoms with Gasteiger partial charge in [0.25, 0.3) is 0 Å². The van der Waals surface area contributed by atoms with Crippen molar-refractivity contribution < 1.29 is 9.53 Å². The Hall–Kier alpha value is -1.80. The second-order valence-corrected chi connectivity index (χ2v) is 5.09. The largest absolute Gasteiger partial charge is 0.485 e. The summed E-state index contributed by atoms with van der Waals surface area (Å²) in [5, 5.41) is 0.727. The second-order valence-electron chi connectivity index (χ2n) is 4.68. The minimum Gasteiger partial charge on any atom is -0.485 e. The van der Waals surface area contributed by atoms with E-state index in [-0.39, 0.29) is 12.4 Å². The minimum atomic E-state index is -0.0296. The van der Waals surface area contributed by atoms with Crippen LogP contribution in [0.25, 0.3) is 0 Å². The predicted molar refractivity (Wildman–Crippen MR) is 81.8 cm³/mol. The molecule has 0 bridgehead atoms. The number of Topliss-reactive ketones (excluding diaryl/α,β-unsaturated/α-hetero) is 1. The molecule has 0 heterocycles. The van der Waals surface area contributed by atoms with E-state index in [1.54, 1.807) is 12.1 Å². The lowest BCUT2D eigenvalue weighted by atomic mass is 10.1. The van der Waals surface area contributed by atoms with Crippen molar-refractivity contribution in [2.75, 3.05) is 6.61 Å². The first-order chi connectivity index (χ1) is 9.60. The molecule has 0 aliphatic rings. The Kier molecular flexibility index (Phi) is 4.80. The number of aryl methyl sites for hydroxylation is 2. The summed E-state index contributed by atoms with van der Waals surface area (Å²) in [6.07, 6.45) is 0.835. The van der Waals surface area contributed by atoms with Gasteiger partial charge < -0.3 is 4.74 Å². The van der Waals surface area contributed by atoms with E-state index in [4.69, 9.17) is 16.3 Å². The number of ether oxygens (including phenoxy) is 1. The molecule has 0 saturated heterocycles. The second kappa shape index (κ2) is 6.58. The Morgan fingerprint density at radius 2 is 1.85 bits per heavy atom. The minimum absolute atomic E-state index is 0.0296. The monoisotopic (exact) mass is 288 g/mol. The molecule has 2 aromatic rings. The van der Waals surface area contributed by atoms with Crippen LogP contribution in [0.3, 0.4) is 0 Å². The fourth-order valence-corrected chi connectivity index (χ4v) is 2.13. The van der Waals surface area contributed by atoms with Crippen LogP contribution in [-0.4, -0.2) is 12.4 Å². The van der Waals surface area contributed by atoms with Gasteiger partial charge in [0.2, 0.25) is 0 Å². The average molecular weight is 289 g/mol. The fourth-order valence-electron chi connectivity index (χ4n) is 1.88. The lowest BCUT2D eigenvalue weighted by molar-refractivity contribution is 0.0921. The number of carbonyl (C=O) groups excluding carboxylic acids is 1. The van der Waals surface area contributed by atoms with E-state index in [0.717, 1.165) is 22.6 Å². The summed E-state index contributed by atoms with van der Waals surface area (Å²) in [5.41, 5.74) is 2.82. The number of rotatable bonds is 5. The van der Waals surface area contributed by atoms with Gasteiger partial charge in [-0.2, -0.15) is 0 Å². The van der Waals surface area contributed by atoms with Crippen molar-refractivity contribution in [1.82, 2.24) is 0 Å². The van der Waals surface area contributed by atoms with Crippen LogP contribution in [0.4, 0.5) is 0 Å². The van der Waals surface area contributed by atoms with Crippen molar-refractivity contribution in [3.63, 3.8) is 0 Å². The van der Waals surface area contributed by atoms with E-state index in [0.29, 0.717) is 11.3 Å². The van der Waals surface area contributed by atoms with Crippen LogP contribution in [0.1, 0.15) is 28.4 Å². The number of benzene rings is 2. The standard InChI is InChI=1S/C17H17ClO2/c1-3-13-10-15(8-9-16(13)18)20-11-17(19)14-6-4-12(2)5-7-14/h4-10H,3,11H2,1-2H3. The van der Waals surface area contributed by atoms with E-state index >= 15 is 0 Å². The number of ketones is 1. The Labute approximate surface area is 124 Å². The molecule has 0 spiro atoms. The topological polar surface area (TPSA) is 26.3 Å². The highest BCUT2D eigenvalue weighted by atomic mass is 35.5. The Balaban J connectivity index is 2.01. The van der Waals surface area contributed by atoms with Gasteiger partial charge in [0.1, 0.15) is 5.75 Å². The third-order valence-corrected chi connectivity index (χ3v) is 3.51. The number of hydrogen-bond acceptors (Lipinski definition) is 2. The molecule has 0 amide bonds. The first-order valence-corrected chi connectivity index (χ1v) is 6.99. The molecule has 0 N–H and O–H groups in total.